The number of ether oxygens (including phenoxy) is 1. The molecule has 0 aliphatic carbocycles. The van der Waals surface area contributed by atoms with Gasteiger partial charge in [0.25, 0.3) is 5.91 Å². The molecule has 20 heavy (non-hydrogen) atoms. The molecule has 1 amide bonds. The van der Waals surface area contributed by atoms with Crippen molar-refractivity contribution >= 4 is 35.2 Å². The van der Waals surface area contributed by atoms with E-state index < -0.39 is 17.4 Å². The van der Waals surface area contributed by atoms with Crippen LogP contribution in [0.15, 0.2) is 24.3 Å². The number of hydrogen-bond donors (Lipinski definition) is 2. The van der Waals surface area contributed by atoms with Crippen molar-refractivity contribution in [3.05, 3.63) is 29.3 Å². The molecule has 0 spiro atoms. The van der Waals surface area contributed by atoms with Gasteiger partial charge in [0.1, 0.15) is 11.3 Å². The number of amides is 1. The first-order valence-electron chi connectivity index (χ1n) is 6.02. The summed E-state index contributed by atoms with van der Waals surface area (Å²) in [6.45, 7) is -0.221. The fourth-order valence-corrected chi connectivity index (χ4v) is 3.32. The molecule has 2 rings (SSSR count). The van der Waals surface area contributed by atoms with E-state index in [-0.39, 0.29) is 6.61 Å². The maximum atomic E-state index is 11.8. The molecule has 0 bridgehead atoms. The molecule has 1 aliphatic heterocycles. The number of hydrogen-bond acceptors (Lipinski definition) is 4. The van der Waals surface area contributed by atoms with E-state index in [1.54, 1.807) is 24.3 Å². The van der Waals surface area contributed by atoms with E-state index in [2.05, 4.69) is 5.32 Å². The number of rotatable bonds is 5. The van der Waals surface area contributed by atoms with Crippen molar-refractivity contribution in [2.24, 2.45) is 0 Å². The van der Waals surface area contributed by atoms with E-state index in [0.717, 1.165) is 5.75 Å². The number of nitrogens with one attached hydrogen (secondary N) is 1. The highest BCUT2D eigenvalue weighted by atomic mass is 35.5. The van der Waals surface area contributed by atoms with E-state index in [1.165, 1.54) is 11.8 Å². The van der Waals surface area contributed by atoms with E-state index >= 15 is 0 Å². The first-order chi connectivity index (χ1) is 9.52. The third-order valence-corrected chi connectivity index (χ3v) is 4.43. The van der Waals surface area contributed by atoms with E-state index in [4.69, 9.17) is 16.3 Å². The maximum Gasteiger partial charge on any atom is 0.330 e. The average Bonchev–Trinajstić information content (AvgIpc) is 2.88. The van der Waals surface area contributed by atoms with Gasteiger partial charge in [0.05, 0.1) is 0 Å². The number of thioether (sulfide) groups is 1. The Morgan fingerprint density at radius 3 is 2.65 bits per heavy atom. The summed E-state index contributed by atoms with van der Waals surface area (Å²) < 4.78 is 5.29. The molecule has 108 valence electrons. The molecule has 1 atom stereocenters. The quantitative estimate of drug-likeness (QED) is 0.866. The molecule has 1 aromatic rings. The Kier molecular flexibility index (Phi) is 4.77. The normalized spacial score (nSPS) is 21.4. The van der Waals surface area contributed by atoms with Gasteiger partial charge in [-0.2, -0.15) is 11.8 Å². The molecule has 1 fully saturated rings. The first kappa shape index (κ1) is 15.0. The van der Waals surface area contributed by atoms with Crippen LogP contribution in [0.4, 0.5) is 0 Å². The lowest BCUT2D eigenvalue weighted by atomic mass is 9.99. The highest BCUT2D eigenvalue weighted by Gasteiger charge is 2.43. The summed E-state index contributed by atoms with van der Waals surface area (Å²) in [6, 6.07) is 6.60. The van der Waals surface area contributed by atoms with Crippen LogP contribution in [0.3, 0.4) is 0 Å². The lowest BCUT2D eigenvalue weighted by Crippen LogP contribution is -2.55. The summed E-state index contributed by atoms with van der Waals surface area (Å²) in [7, 11) is 0. The lowest BCUT2D eigenvalue weighted by Gasteiger charge is -2.24. The first-order valence-corrected chi connectivity index (χ1v) is 7.56. The Hall–Kier alpha value is -1.40. The number of carboxylic acid groups (broad SMARTS) is 1. The minimum atomic E-state index is -1.16. The number of aliphatic carboxylic acids is 1. The topological polar surface area (TPSA) is 75.6 Å². The van der Waals surface area contributed by atoms with Crippen molar-refractivity contribution in [2.75, 3.05) is 18.1 Å². The smallest absolute Gasteiger partial charge is 0.330 e. The number of carboxylic acids is 1. The molecule has 0 aromatic heterocycles. The van der Waals surface area contributed by atoms with Crippen LogP contribution in [0, 0.1) is 0 Å². The van der Waals surface area contributed by atoms with Crippen LogP contribution in [-0.4, -0.2) is 40.6 Å². The summed E-state index contributed by atoms with van der Waals surface area (Å²) in [5.41, 5.74) is -1.16. The Labute approximate surface area is 125 Å². The molecule has 5 nitrogen and oxygen atoms in total. The Bertz CT molecular complexity index is 500. The second-order valence-corrected chi connectivity index (χ2v) is 6.02. The van der Waals surface area contributed by atoms with Crippen LogP contribution in [0.1, 0.15) is 6.42 Å². The molecule has 1 saturated heterocycles. The van der Waals surface area contributed by atoms with Gasteiger partial charge in [-0.3, -0.25) is 4.79 Å². The highest BCUT2D eigenvalue weighted by Crippen LogP contribution is 2.28. The van der Waals surface area contributed by atoms with Crippen LogP contribution in [-0.2, 0) is 9.59 Å². The van der Waals surface area contributed by atoms with Crippen LogP contribution < -0.4 is 10.1 Å². The van der Waals surface area contributed by atoms with E-state index in [1.807, 2.05) is 0 Å². The standard InChI is InChI=1S/C13H14ClNO4S/c14-9-1-3-10(4-2-9)19-7-11(16)15-13(12(17)18)5-6-20-8-13/h1-4H,5-8H2,(H,15,16)(H,17,18)/t13-/m1/s1. The monoisotopic (exact) mass is 315 g/mol. The van der Waals surface area contributed by atoms with Crippen LogP contribution in [0.25, 0.3) is 0 Å². The fourth-order valence-electron chi connectivity index (χ4n) is 1.87. The summed E-state index contributed by atoms with van der Waals surface area (Å²) in [5.74, 6) is 0.182. The Morgan fingerprint density at radius 1 is 1.40 bits per heavy atom. The Morgan fingerprint density at radius 2 is 2.10 bits per heavy atom. The molecule has 2 N–H and O–H groups in total. The number of carbonyl (C=O) groups is 2. The zero-order valence-electron chi connectivity index (χ0n) is 10.6. The van der Waals surface area contributed by atoms with E-state index in [9.17, 15) is 14.7 Å². The van der Waals surface area contributed by atoms with Gasteiger partial charge in [0.15, 0.2) is 6.61 Å². The van der Waals surface area contributed by atoms with Crippen molar-refractivity contribution in [3.63, 3.8) is 0 Å². The predicted octanol–water partition coefficient (Wildman–Crippen LogP) is 1.80. The molecule has 7 heteroatoms. The van der Waals surface area contributed by atoms with Gasteiger partial charge < -0.3 is 15.2 Å². The van der Waals surface area contributed by atoms with Gasteiger partial charge in [-0.05, 0) is 36.4 Å². The van der Waals surface area contributed by atoms with Gasteiger partial charge in [0, 0.05) is 10.8 Å². The SMILES string of the molecule is O=C(COc1ccc(Cl)cc1)N[C@]1(C(=O)O)CCSC1. The third kappa shape index (κ3) is 3.58. The third-order valence-electron chi connectivity index (χ3n) is 2.99. The molecule has 0 radical (unpaired) electrons. The second kappa shape index (κ2) is 6.37. The van der Waals surface area contributed by atoms with Gasteiger partial charge in [-0.1, -0.05) is 11.6 Å². The highest BCUT2D eigenvalue weighted by molar-refractivity contribution is 7.99. The van der Waals surface area contributed by atoms with Crippen molar-refractivity contribution in [3.8, 4) is 5.75 Å². The summed E-state index contributed by atoms with van der Waals surface area (Å²) in [5, 5.41) is 12.4. The average molecular weight is 316 g/mol. The second-order valence-electron chi connectivity index (χ2n) is 4.48. The largest absolute Gasteiger partial charge is 0.484 e. The van der Waals surface area contributed by atoms with Gasteiger partial charge in [-0.15, -0.1) is 0 Å². The lowest BCUT2D eigenvalue weighted by molar-refractivity contribution is -0.146. The number of carbonyl (C=O) groups excluding carboxylic acids is 1. The zero-order valence-corrected chi connectivity index (χ0v) is 12.2. The molecular formula is C13H14ClNO4S. The van der Waals surface area contributed by atoms with Gasteiger partial charge in [-0.25, -0.2) is 4.79 Å². The molecule has 0 unspecified atom stereocenters. The fraction of sp³-hybridized carbons (Fsp3) is 0.385. The molecular weight excluding hydrogens is 302 g/mol. The maximum absolute atomic E-state index is 11.8. The minimum absolute atomic E-state index is 0.221. The van der Waals surface area contributed by atoms with Gasteiger partial charge >= 0.3 is 5.97 Å². The molecule has 0 saturated carbocycles. The number of benzene rings is 1. The van der Waals surface area contributed by atoms with E-state index in [0.29, 0.717) is 22.9 Å². The predicted molar refractivity (Wildman–Crippen MR) is 77.4 cm³/mol. The minimum Gasteiger partial charge on any atom is -0.484 e. The molecule has 1 heterocycles. The summed E-state index contributed by atoms with van der Waals surface area (Å²) in [4.78, 5) is 23.1. The Balaban J connectivity index is 1.89. The van der Waals surface area contributed by atoms with Crippen LogP contribution >= 0.6 is 23.4 Å². The zero-order chi connectivity index (χ0) is 14.6. The number of halogens is 1. The molecule has 1 aliphatic rings. The summed E-state index contributed by atoms with van der Waals surface area (Å²) >= 11 is 7.25. The van der Waals surface area contributed by atoms with Crippen LogP contribution in [0.5, 0.6) is 5.75 Å². The van der Waals surface area contributed by atoms with Gasteiger partial charge in [0.2, 0.25) is 0 Å². The van der Waals surface area contributed by atoms with Crippen molar-refractivity contribution in [2.45, 2.75) is 12.0 Å². The van der Waals surface area contributed by atoms with Crippen molar-refractivity contribution < 1.29 is 19.4 Å². The molecule has 1 aromatic carbocycles. The van der Waals surface area contributed by atoms with Crippen molar-refractivity contribution in [1.29, 1.82) is 0 Å². The van der Waals surface area contributed by atoms with Crippen molar-refractivity contribution in [1.82, 2.24) is 5.32 Å². The summed E-state index contributed by atoms with van der Waals surface area (Å²) in [6.07, 6.45) is 0.430. The van der Waals surface area contributed by atoms with Crippen LogP contribution in [0.2, 0.25) is 5.02 Å².